The van der Waals surface area contributed by atoms with Gasteiger partial charge in [0.1, 0.15) is 0 Å². The Labute approximate surface area is 77.7 Å². The molecule has 1 aromatic rings. The molecule has 72 valence electrons. The Hall–Kier alpha value is -1.58. The van der Waals surface area contributed by atoms with Crippen LogP contribution in [0.25, 0.3) is 0 Å². The molecule has 4 nitrogen and oxygen atoms in total. The monoisotopic (exact) mass is 182 g/mol. The van der Waals surface area contributed by atoms with Gasteiger partial charge in [0.2, 0.25) is 0 Å². The number of hydrogen-bond donors (Lipinski definition) is 1. The molecule has 0 bridgehead atoms. The topological polar surface area (TPSA) is 55.2 Å². The van der Waals surface area contributed by atoms with E-state index in [1.165, 1.54) is 6.07 Å². The molecule has 0 unspecified atom stereocenters. The van der Waals surface area contributed by atoms with Crippen molar-refractivity contribution >= 4 is 11.4 Å². The average molecular weight is 182 g/mol. The van der Waals surface area contributed by atoms with Crippen molar-refractivity contribution in [1.29, 1.82) is 0 Å². The van der Waals surface area contributed by atoms with E-state index in [1.807, 2.05) is 6.07 Å². The van der Waals surface area contributed by atoms with E-state index in [-0.39, 0.29) is 18.0 Å². The third-order valence-electron chi connectivity index (χ3n) is 1.69. The molecule has 1 rings (SSSR count). The first-order valence-electron chi connectivity index (χ1n) is 3.58. The molecular formula is C9H14N2O2. The largest absolute Gasteiger partial charge is 0.388 e. The zero-order valence-corrected chi connectivity index (χ0v) is 7.00. The minimum atomic E-state index is -0.379. The summed E-state index contributed by atoms with van der Waals surface area (Å²) in [5.41, 5.74) is 1.59. The Morgan fingerprint density at radius 3 is 2.54 bits per heavy atom. The van der Waals surface area contributed by atoms with Crippen molar-refractivity contribution in [3.05, 3.63) is 33.9 Å². The van der Waals surface area contributed by atoms with Crippen molar-refractivity contribution in [1.82, 2.24) is 0 Å². The molecule has 0 spiro atoms. The molecule has 0 aromatic heterocycles. The van der Waals surface area contributed by atoms with Gasteiger partial charge in [-0.05, 0) is 13.0 Å². The van der Waals surface area contributed by atoms with Crippen LogP contribution in [0.1, 0.15) is 13.0 Å². The molecular weight excluding hydrogens is 168 g/mol. The number of aryl methyl sites for hydroxylation is 1. The van der Waals surface area contributed by atoms with Crippen LogP contribution in [0, 0.1) is 17.0 Å². The summed E-state index contributed by atoms with van der Waals surface area (Å²) in [6.45, 7) is 1.72. The summed E-state index contributed by atoms with van der Waals surface area (Å²) in [7, 11) is 1.73. The van der Waals surface area contributed by atoms with E-state index in [2.05, 4.69) is 5.32 Å². The van der Waals surface area contributed by atoms with Crippen LogP contribution in [-0.2, 0) is 0 Å². The zero-order valence-electron chi connectivity index (χ0n) is 7.00. The number of benzene rings is 1. The second-order valence-corrected chi connectivity index (χ2v) is 2.51. The Balaban J connectivity index is 0.00000144. The molecule has 1 aromatic carbocycles. The first-order valence-corrected chi connectivity index (χ1v) is 3.58. The van der Waals surface area contributed by atoms with Crippen LogP contribution in [0.4, 0.5) is 11.4 Å². The van der Waals surface area contributed by atoms with Crippen LogP contribution in [0.2, 0.25) is 0 Å². The van der Waals surface area contributed by atoms with Gasteiger partial charge in [0.25, 0.3) is 5.69 Å². The maximum absolute atomic E-state index is 10.5. The lowest BCUT2D eigenvalue weighted by atomic mass is 10.2. The molecule has 0 aliphatic heterocycles. The van der Waals surface area contributed by atoms with Gasteiger partial charge in [-0.15, -0.1) is 0 Å². The van der Waals surface area contributed by atoms with Crippen molar-refractivity contribution in [2.45, 2.75) is 14.4 Å². The lowest BCUT2D eigenvalue weighted by Crippen LogP contribution is -1.94. The molecule has 1 N–H and O–H groups in total. The molecule has 0 fully saturated rings. The van der Waals surface area contributed by atoms with E-state index < -0.39 is 0 Å². The summed E-state index contributed by atoms with van der Waals surface area (Å²) >= 11 is 0. The molecule has 0 saturated heterocycles. The highest BCUT2D eigenvalue weighted by atomic mass is 16.6. The number of nitrogens with zero attached hydrogens (tertiary/aromatic N) is 1. The number of rotatable bonds is 2. The Morgan fingerprint density at radius 1 is 1.46 bits per heavy atom. The minimum Gasteiger partial charge on any atom is -0.388 e. The van der Waals surface area contributed by atoms with E-state index in [4.69, 9.17) is 0 Å². The molecule has 0 aliphatic carbocycles. The van der Waals surface area contributed by atoms with Gasteiger partial charge in [-0.3, -0.25) is 10.1 Å². The molecule has 0 heterocycles. The summed E-state index contributed by atoms with van der Waals surface area (Å²) in [6.07, 6.45) is 0. The van der Waals surface area contributed by atoms with Crippen LogP contribution in [0.3, 0.4) is 0 Å². The first-order chi connectivity index (χ1) is 5.65. The van der Waals surface area contributed by atoms with Crippen LogP contribution in [0.5, 0.6) is 0 Å². The number of nitrogens with one attached hydrogen (secondary N) is 1. The molecule has 4 heteroatoms. The third kappa shape index (κ3) is 2.43. The maximum Gasteiger partial charge on any atom is 0.274 e. The van der Waals surface area contributed by atoms with Gasteiger partial charge in [0, 0.05) is 24.4 Å². The summed E-state index contributed by atoms with van der Waals surface area (Å²) in [4.78, 5) is 10.1. The number of nitro groups is 1. The van der Waals surface area contributed by atoms with Gasteiger partial charge in [-0.25, -0.2) is 0 Å². The third-order valence-corrected chi connectivity index (χ3v) is 1.69. The highest BCUT2D eigenvalue weighted by Crippen LogP contribution is 2.21. The Bertz CT molecular complexity index is 310. The van der Waals surface area contributed by atoms with Crippen LogP contribution in [0.15, 0.2) is 18.2 Å². The molecule has 0 radical (unpaired) electrons. The van der Waals surface area contributed by atoms with Crippen LogP contribution in [-0.4, -0.2) is 12.0 Å². The highest BCUT2D eigenvalue weighted by Gasteiger charge is 2.09. The van der Waals surface area contributed by atoms with Gasteiger partial charge in [0.15, 0.2) is 0 Å². The standard InChI is InChI=1S/C8H10N2O2.CH4/c1-6-3-4-7(9-2)5-8(6)10(11)12;/h3-5,9H,1-2H3;1H4. The lowest BCUT2D eigenvalue weighted by Gasteiger charge is -2.00. The summed E-state index contributed by atoms with van der Waals surface area (Å²) in [5.74, 6) is 0. The van der Waals surface area contributed by atoms with E-state index in [9.17, 15) is 10.1 Å². The highest BCUT2D eigenvalue weighted by molar-refractivity contribution is 5.54. The van der Waals surface area contributed by atoms with E-state index in [1.54, 1.807) is 20.0 Å². The molecule has 0 aliphatic rings. The van der Waals surface area contributed by atoms with Gasteiger partial charge in [-0.2, -0.15) is 0 Å². The van der Waals surface area contributed by atoms with E-state index in [0.29, 0.717) is 5.56 Å². The Kier molecular flexibility index (Phi) is 3.91. The lowest BCUT2D eigenvalue weighted by molar-refractivity contribution is -0.385. The Morgan fingerprint density at radius 2 is 2.08 bits per heavy atom. The van der Waals surface area contributed by atoms with Gasteiger partial charge in [-0.1, -0.05) is 13.5 Å². The summed E-state index contributed by atoms with van der Waals surface area (Å²) in [5, 5.41) is 13.3. The number of nitro benzene ring substituents is 1. The van der Waals surface area contributed by atoms with Gasteiger partial charge in [0.05, 0.1) is 4.92 Å². The molecule has 0 amide bonds. The normalized spacial score (nSPS) is 8.77. The molecule has 0 saturated carbocycles. The van der Waals surface area contributed by atoms with Crippen molar-refractivity contribution in [3.63, 3.8) is 0 Å². The van der Waals surface area contributed by atoms with Gasteiger partial charge < -0.3 is 5.32 Å². The fourth-order valence-corrected chi connectivity index (χ4v) is 0.962. The van der Waals surface area contributed by atoms with Crippen molar-refractivity contribution in [3.8, 4) is 0 Å². The molecule has 13 heavy (non-hydrogen) atoms. The smallest absolute Gasteiger partial charge is 0.274 e. The van der Waals surface area contributed by atoms with E-state index >= 15 is 0 Å². The zero-order chi connectivity index (χ0) is 9.14. The molecule has 0 atom stereocenters. The summed E-state index contributed by atoms with van der Waals surface area (Å²) in [6, 6.07) is 5.06. The van der Waals surface area contributed by atoms with Gasteiger partial charge >= 0.3 is 0 Å². The predicted molar refractivity (Wildman–Crippen MR) is 54.1 cm³/mol. The van der Waals surface area contributed by atoms with Crippen molar-refractivity contribution in [2.75, 3.05) is 12.4 Å². The number of anilines is 1. The minimum absolute atomic E-state index is 0. The van der Waals surface area contributed by atoms with Crippen molar-refractivity contribution in [2.24, 2.45) is 0 Å². The number of hydrogen-bond acceptors (Lipinski definition) is 3. The maximum atomic E-state index is 10.5. The fraction of sp³-hybridized carbons (Fsp3) is 0.333. The van der Waals surface area contributed by atoms with Crippen LogP contribution < -0.4 is 5.32 Å². The summed E-state index contributed by atoms with van der Waals surface area (Å²) < 4.78 is 0. The SMILES string of the molecule is C.CNc1ccc(C)c([N+](=O)[O-])c1. The fourth-order valence-electron chi connectivity index (χ4n) is 0.962. The average Bonchev–Trinajstić information content (AvgIpc) is 2.05. The quantitative estimate of drug-likeness (QED) is 0.565. The second-order valence-electron chi connectivity index (χ2n) is 2.51. The second kappa shape index (κ2) is 4.45. The predicted octanol–water partition coefficient (Wildman–Crippen LogP) is 2.58. The van der Waals surface area contributed by atoms with Crippen molar-refractivity contribution < 1.29 is 4.92 Å². The van der Waals surface area contributed by atoms with Crippen LogP contribution >= 0.6 is 0 Å². The van der Waals surface area contributed by atoms with E-state index in [0.717, 1.165) is 5.69 Å². The first kappa shape index (κ1) is 11.4.